The van der Waals surface area contributed by atoms with E-state index in [1.807, 2.05) is 25.8 Å². The molecule has 1 unspecified atom stereocenters. The van der Waals surface area contributed by atoms with Gasteiger partial charge in [0.15, 0.2) is 0 Å². The minimum Gasteiger partial charge on any atom is -0.348 e. The van der Waals surface area contributed by atoms with Gasteiger partial charge in [-0.2, -0.15) is 13.2 Å². The van der Waals surface area contributed by atoms with E-state index in [2.05, 4.69) is 19.2 Å². The maximum atomic E-state index is 12.6. The first-order valence-corrected chi connectivity index (χ1v) is 7.93. The number of aromatic amines is 1. The van der Waals surface area contributed by atoms with E-state index in [0.29, 0.717) is 12.0 Å². The monoisotopic (exact) mass is 346 g/mol. The number of amides is 1. The van der Waals surface area contributed by atoms with E-state index < -0.39 is 23.2 Å². The van der Waals surface area contributed by atoms with Crippen molar-refractivity contribution in [3.63, 3.8) is 0 Å². The highest BCUT2D eigenvalue weighted by Crippen LogP contribution is 2.27. The Hall–Kier alpha value is -1.79. The van der Waals surface area contributed by atoms with Crippen molar-refractivity contribution < 1.29 is 18.0 Å². The molecule has 0 saturated carbocycles. The molecule has 0 aliphatic carbocycles. The highest BCUT2D eigenvalue weighted by Gasteiger charge is 2.34. The zero-order valence-electron chi connectivity index (χ0n) is 14.7. The van der Waals surface area contributed by atoms with Crippen molar-refractivity contribution in [3.8, 4) is 0 Å². The van der Waals surface area contributed by atoms with Crippen molar-refractivity contribution >= 4 is 5.91 Å². The lowest BCUT2D eigenvalue weighted by molar-refractivity contribution is -0.138. The van der Waals surface area contributed by atoms with Gasteiger partial charge >= 0.3 is 6.18 Å². The molecule has 2 N–H and O–H groups in total. The third kappa shape index (κ3) is 5.69. The van der Waals surface area contributed by atoms with E-state index >= 15 is 0 Å². The number of rotatable bonds is 5. The zero-order chi connectivity index (χ0) is 18.7. The Labute approximate surface area is 139 Å². The molecule has 1 amide bonds. The average Bonchev–Trinajstić information content (AvgIpc) is 2.40. The lowest BCUT2D eigenvalue weighted by atomic mass is 9.82. The number of carbonyl (C=O) groups excluding carboxylic acids is 1. The van der Waals surface area contributed by atoms with E-state index in [1.54, 1.807) is 0 Å². The van der Waals surface area contributed by atoms with Crippen LogP contribution in [0.4, 0.5) is 13.2 Å². The topological polar surface area (TPSA) is 62.0 Å². The molecule has 7 heteroatoms. The minimum absolute atomic E-state index is 0.154. The summed E-state index contributed by atoms with van der Waals surface area (Å²) in [6.45, 7) is 10.1. The number of hydrogen-bond acceptors (Lipinski definition) is 2. The van der Waals surface area contributed by atoms with E-state index in [9.17, 15) is 22.8 Å². The van der Waals surface area contributed by atoms with Gasteiger partial charge in [-0.05, 0) is 36.3 Å². The summed E-state index contributed by atoms with van der Waals surface area (Å²) in [6, 6.07) is 1.47. The number of nitrogens with one attached hydrogen (secondary N) is 2. The fourth-order valence-corrected chi connectivity index (χ4v) is 2.29. The molecule has 4 nitrogen and oxygen atoms in total. The Balaban J connectivity index is 2.96. The second-order valence-corrected chi connectivity index (χ2v) is 7.48. The summed E-state index contributed by atoms with van der Waals surface area (Å²) in [7, 11) is 0. The number of halogens is 3. The molecule has 1 rings (SSSR count). The first-order chi connectivity index (χ1) is 10.8. The molecule has 1 aromatic rings. The lowest BCUT2D eigenvalue weighted by Gasteiger charge is -2.32. The molecule has 136 valence electrons. The highest BCUT2D eigenvalue weighted by atomic mass is 19.4. The second-order valence-electron chi connectivity index (χ2n) is 7.48. The van der Waals surface area contributed by atoms with Gasteiger partial charge in [-0.1, -0.05) is 34.6 Å². The third-order valence-corrected chi connectivity index (χ3v) is 3.84. The molecule has 0 bridgehead atoms. The zero-order valence-corrected chi connectivity index (χ0v) is 14.7. The normalized spacial score (nSPS) is 13.9. The number of carbonyl (C=O) groups is 1. The summed E-state index contributed by atoms with van der Waals surface area (Å²) >= 11 is 0. The van der Waals surface area contributed by atoms with E-state index in [-0.39, 0.29) is 17.2 Å². The fourth-order valence-electron chi connectivity index (χ4n) is 2.29. The van der Waals surface area contributed by atoms with E-state index in [1.165, 1.54) is 0 Å². The molecule has 0 spiro atoms. The largest absolute Gasteiger partial charge is 0.421 e. The lowest BCUT2D eigenvalue weighted by Crippen LogP contribution is -2.44. The van der Waals surface area contributed by atoms with Gasteiger partial charge < -0.3 is 10.3 Å². The number of H-pyrrole nitrogens is 1. The van der Waals surface area contributed by atoms with Gasteiger partial charge in [0, 0.05) is 6.04 Å². The molecule has 0 aromatic carbocycles. The van der Waals surface area contributed by atoms with E-state index in [4.69, 9.17) is 0 Å². The summed E-state index contributed by atoms with van der Waals surface area (Å²) in [5.41, 5.74) is -3.01. The predicted octanol–water partition coefficient (Wildman–Crippen LogP) is 3.97. The van der Waals surface area contributed by atoms with Crippen molar-refractivity contribution in [2.45, 2.75) is 59.7 Å². The van der Waals surface area contributed by atoms with Crippen LogP contribution >= 0.6 is 0 Å². The van der Waals surface area contributed by atoms with Crippen LogP contribution in [0, 0.1) is 11.3 Å². The van der Waals surface area contributed by atoms with E-state index in [0.717, 1.165) is 18.9 Å². The van der Waals surface area contributed by atoms with Crippen LogP contribution in [0.15, 0.2) is 16.9 Å². The standard InChI is InChI=1S/C17H25F3N2O2/c1-10(2)6-9-13(16(3,4)5)22-15(24)12-8-7-11(14(23)21-12)17(18,19)20/h7-8,10,13H,6,9H2,1-5H3,(H,21,23)(H,22,24). The van der Waals surface area contributed by atoms with Gasteiger partial charge in [-0.25, -0.2) is 0 Å². The molecule has 0 fully saturated rings. The van der Waals surface area contributed by atoms with Gasteiger partial charge in [-0.3, -0.25) is 9.59 Å². The van der Waals surface area contributed by atoms with Crippen LogP contribution in [-0.4, -0.2) is 16.9 Å². The van der Waals surface area contributed by atoms with Crippen molar-refractivity contribution in [2.24, 2.45) is 11.3 Å². The van der Waals surface area contributed by atoms with Crippen LogP contribution in [0.25, 0.3) is 0 Å². The average molecular weight is 346 g/mol. The van der Waals surface area contributed by atoms with Gasteiger partial charge in [0.1, 0.15) is 11.3 Å². The van der Waals surface area contributed by atoms with Crippen LogP contribution in [-0.2, 0) is 6.18 Å². The first-order valence-electron chi connectivity index (χ1n) is 7.93. The first kappa shape index (κ1) is 20.3. The Morgan fingerprint density at radius 2 is 1.75 bits per heavy atom. The molecule has 0 radical (unpaired) electrons. The second kappa shape index (κ2) is 7.40. The van der Waals surface area contributed by atoms with Crippen LogP contribution in [0.5, 0.6) is 0 Å². The maximum absolute atomic E-state index is 12.6. The van der Waals surface area contributed by atoms with Crippen molar-refractivity contribution in [2.75, 3.05) is 0 Å². The van der Waals surface area contributed by atoms with Crippen molar-refractivity contribution in [3.05, 3.63) is 33.7 Å². The number of aromatic nitrogens is 1. The van der Waals surface area contributed by atoms with Crippen LogP contribution < -0.4 is 10.9 Å². The third-order valence-electron chi connectivity index (χ3n) is 3.84. The molecular formula is C17H25F3N2O2. The molecule has 0 saturated heterocycles. The van der Waals surface area contributed by atoms with Crippen LogP contribution in [0.2, 0.25) is 0 Å². The van der Waals surface area contributed by atoms with Crippen LogP contribution in [0.3, 0.4) is 0 Å². The van der Waals surface area contributed by atoms with Gasteiger partial charge in [0.25, 0.3) is 11.5 Å². The molecule has 1 aromatic heterocycles. The SMILES string of the molecule is CC(C)CCC(NC(=O)c1ccc(C(F)(F)F)c(=O)[nH]1)C(C)(C)C. The number of alkyl halides is 3. The van der Waals surface area contributed by atoms with Gasteiger partial charge in [0.2, 0.25) is 0 Å². The maximum Gasteiger partial charge on any atom is 0.421 e. The Bertz CT molecular complexity index is 628. The van der Waals surface area contributed by atoms with Gasteiger partial charge in [-0.15, -0.1) is 0 Å². The quantitative estimate of drug-likeness (QED) is 0.847. The Morgan fingerprint density at radius 3 is 2.17 bits per heavy atom. The predicted molar refractivity (Wildman–Crippen MR) is 86.8 cm³/mol. The minimum atomic E-state index is -4.74. The highest BCUT2D eigenvalue weighted by molar-refractivity contribution is 5.92. The van der Waals surface area contributed by atoms with Crippen LogP contribution in [0.1, 0.15) is 63.5 Å². The molecule has 1 heterocycles. The summed E-state index contributed by atoms with van der Waals surface area (Å²) in [4.78, 5) is 25.8. The Morgan fingerprint density at radius 1 is 1.17 bits per heavy atom. The molecule has 0 aliphatic rings. The fraction of sp³-hybridized carbons (Fsp3) is 0.647. The Kier molecular flexibility index (Phi) is 6.25. The van der Waals surface area contributed by atoms with Crippen molar-refractivity contribution in [1.82, 2.24) is 10.3 Å². The summed E-state index contributed by atoms with van der Waals surface area (Å²) < 4.78 is 37.8. The number of hydrogen-bond donors (Lipinski definition) is 2. The van der Waals surface area contributed by atoms with Gasteiger partial charge in [0.05, 0.1) is 0 Å². The summed E-state index contributed by atoms with van der Waals surface area (Å²) in [5, 5.41) is 2.82. The molecule has 1 atom stereocenters. The molecule has 24 heavy (non-hydrogen) atoms. The smallest absolute Gasteiger partial charge is 0.348 e. The molecule has 0 aliphatic heterocycles. The molecular weight excluding hydrogens is 321 g/mol. The van der Waals surface area contributed by atoms with Crippen molar-refractivity contribution in [1.29, 1.82) is 0 Å². The summed E-state index contributed by atoms with van der Waals surface area (Å²) in [5.74, 6) is -0.109. The number of pyridine rings is 1. The summed E-state index contributed by atoms with van der Waals surface area (Å²) in [6.07, 6.45) is -3.09.